The first kappa shape index (κ1) is 24.8. The molecule has 34 heavy (non-hydrogen) atoms. The van der Waals surface area contributed by atoms with Crippen LogP contribution in [0.1, 0.15) is 25.0 Å². The van der Waals surface area contributed by atoms with E-state index in [9.17, 15) is 14.7 Å². The number of nitrogens with one attached hydrogen (secondary N) is 1. The molecule has 0 radical (unpaired) electrons. The average molecular weight is 462 g/mol. The number of hydrogen-bond donors (Lipinski definition) is 3. The summed E-state index contributed by atoms with van der Waals surface area (Å²) in [7, 11) is 0. The number of dihydropyridines is 1. The monoisotopic (exact) mass is 461 g/mol. The summed E-state index contributed by atoms with van der Waals surface area (Å²) in [6.45, 7) is 2.60. The first-order chi connectivity index (χ1) is 16.5. The maximum absolute atomic E-state index is 13.2. The second kappa shape index (κ2) is 11.8. The molecule has 3 N–H and O–H groups in total. The van der Waals surface area contributed by atoms with Gasteiger partial charge in [0.2, 0.25) is 0 Å². The van der Waals surface area contributed by atoms with E-state index >= 15 is 0 Å². The van der Waals surface area contributed by atoms with Crippen LogP contribution in [0.25, 0.3) is 5.70 Å². The van der Waals surface area contributed by atoms with Gasteiger partial charge >= 0.3 is 11.9 Å². The molecular formula is C27H27NO6. The molecule has 1 aliphatic rings. The number of allylic oxidation sites excluding steroid dienone is 1. The Morgan fingerprint density at radius 1 is 1.00 bits per heavy atom. The summed E-state index contributed by atoms with van der Waals surface area (Å²) >= 11 is 0. The number of ether oxygens (including phenoxy) is 2. The molecule has 1 aliphatic heterocycles. The number of rotatable bonds is 7. The quantitative estimate of drug-likeness (QED) is 0.430. The van der Waals surface area contributed by atoms with Crippen LogP contribution in [0.4, 0.5) is 0 Å². The van der Waals surface area contributed by atoms with Crippen molar-refractivity contribution in [2.24, 2.45) is 5.92 Å². The van der Waals surface area contributed by atoms with Crippen molar-refractivity contribution in [1.82, 2.24) is 5.32 Å². The number of aliphatic hydroxyl groups excluding tert-OH is 2. The Labute approximate surface area is 198 Å². The van der Waals surface area contributed by atoms with Gasteiger partial charge in [-0.2, -0.15) is 0 Å². The second-order valence-corrected chi connectivity index (χ2v) is 7.54. The van der Waals surface area contributed by atoms with Crippen molar-refractivity contribution < 1.29 is 29.3 Å². The Bertz CT molecular complexity index is 1140. The number of carbonyl (C=O) groups excluding carboxylic acids is 2. The zero-order chi connectivity index (χ0) is 24.5. The number of aliphatic hydroxyl groups is 2. The number of esters is 2. The van der Waals surface area contributed by atoms with Gasteiger partial charge in [0.05, 0.1) is 36.0 Å². The zero-order valence-electron chi connectivity index (χ0n) is 19.1. The first-order valence-electron chi connectivity index (χ1n) is 10.9. The van der Waals surface area contributed by atoms with Crippen LogP contribution in [0.3, 0.4) is 0 Å². The van der Waals surface area contributed by atoms with Crippen LogP contribution in [0.15, 0.2) is 77.5 Å². The lowest BCUT2D eigenvalue weighted by atomic mass is 9.84. The third-order valence-corrected chi connectivity index (χ3v) is 5.09. The number of carbonyl (C=O) groups is 2. The highest BCUT2D eigenvalue weighted by atomic mass is 16.5. The Hall–Kier alpha value is -3.86. The molecule has 0 aromatic heterocycles. The Kier molecular flexibility index (Phi) is 8.63. The standard InChI is InChI=1S/C27H27NO6/c1-3-33-27(32)24-22(15-14-19-10-6-4-7-11-19)23(26(31)34-17-21(30)16-29)18(2)28-25(24)20-12-8-5-9-13-20/h4-13,21-22,28-30H,3,16-17H2,1-2H3/t21-,22+/m1/s1. The van der Waals surface area contributed by atoms with E-state index in [1.165, 1.54) is 0 Å². The third kappa shape index (κ3) is 5.93. The minimum atomic E-state index is -1.21. The molecule has 0 amide bonds. The van der Waals surface area contributed by atoms with Crippen molar-refractivity contribution in [1.29, 1.82) is 0 Å². The van der Waals surface area contributed by atoms with E-state index in [1.54, 1.807) is 13.8 Å². The summed E-state index contributed by atoms with van der Waals surface area (Å²) in [5.74, 6) is 3.81. The molecule has 3 rings (SSSR count). The summed E-state index contributed by atoms with van der Waals surface area (Å²) in [6, 6.07) is 18.4. The van der Waals surface area contributed by atoms with Gasteiger partial charge in [0, 0.05) is 11.3 Å². The van der Waals surface area contributed by atoms with Crippen LogP contribution in [0, 0.1) is 17.8 Å². The van der Waals surface area contributed by atoms with Gasteiger partial charge in [-0.05, 0) is 31.5 Å². The van der Waals surface area contributed by atoms with Crippen LogP contribution in [-0.4, -0.2) is 48.1 Å². The van der Waals surface area contributed by atoms with E-state index in [0.717, 1.165) is 5.56 Å². The molecule has 0 bridgehead atoms. The summed E-state index contributed by atoms with van der Waals surface area (Å²) in [6.07, 6.45) is -1.21. The first-order valence-corrected chi connectivity index (χ1v) is 10.9. The largest absolute Gasteiger partial charge is 0.463 e. The minimum Gasteiger partial charge on any atom is -0.463 e. The molecule has 0 aliphatic carbocycles. The van der Waals surface area contributed by atoms with Crippen LogP contribution in [-0.2, 0) is 19.1 Å². The summed E-state index contributed by atoms with van der Waals surface area (Å²) in [4.78, 5) is 26.2. The van der Waals surface area contributed by atoms with Crippen LogP contribution in [0.5, 0.6) is 0 Å². The molecule has 2 atom stereocenters. The van der Waals surface area contributed by atoms with Crippen molar-refractivity contribution in [3.63, 3.8) is 0 Å². The Morgan fingerprint density at radius 2 is 1.62 bits per heavy atom. The number of hydrogen-bond acceptors (Lipinski definition) is 7. The lowest BCUT2D eigenvalue weighted by Crippen LogP contribution is -2.34. The van der Waals surface area contributed by atoms with Crippen LogP contribution < -0.4 is 5.32 Å². The van der Waals surface area contributed by atoms with Gasteiger partial charge in [0.25, 0.3) is 0 Å². The highest BCUT2D eigenvalue weighted by molar-refractivity contribution is 6.04. The summed E-state index contributed by atoms with van der Waals surface area (Å²) < 4.78 is 10.6. The fourth-order valence-corrected chi connectivity index (χ4v) is 3.48. The molecule has 2 aromatic rings. The fourth-order valence-electron chi connectivity index (χ4n) is 3.48. The van der Waals surface area contributed by atoms with E-state index in [-0.39, 0.29) is 17.8 Å². The maximum Gasteiger partial charge on any atom is 0.337 e. The molecule has 0 saturated carbocycles. The molecule has 0 unspecified atom stereocenters. The minimum absolute atomic E-state index is 0.135. The molecule has 1 heterocycles. The predicted molar refractivity (Wildman–Crippen MR) is 127 cm³/mol. The molecule has 0 spiro atoms. The van der Waals surface area contributed by atoms with E-state index in [0.29, 0.717) is 17.0 Å². The lowest BCUT2D eigenvalue weighted by molar-refractivity contribution is -0.143. The van der Waals surface area contributed by atoms with Gasteiger partial charge in [0.15, 0.2) is 0 Å². The Morgan fingerprint density at radius 3 is 2.24 bits per heavy atom. The van der Waals surface area contributed by atoms with Gasteiger partial charge in [-0.25, -0.2) is 9.59 Å². The summed E-state index contributed by atoms with van der Waals surface area (Å²) in [5, 5.41) is 21.8. The molecule has 176 valence electrons. The molecule has 2 aromatic carbocycles. The van der Waals surface area contributed by atoms with Gasteiger partial charge in [-0.3, -0.25) is 0 Å². The second-order valence-electron chi connectivity index (χ2n) is 7.54. The highest BCUT2D eigenvalue weighted by Crippen LogP contribution is 2.35. The van der Waals surface area contributed by atoms with E-state index in [2.05, 4.69) is 17.2 Å². The molecule has 7 nitrogen and oxygen atoms in total. The van der Waals surface area contributed by atoms with Gasteiger partial charge in [0.1, 0.15) is 12.7 Å². The SMILES string of the molecule is CCOC(=O)C1=C(c2ccccc2)NC(C)=C(C(=O)OC[C@H](O)CO)[C@@H]1C#Cc1ccccc1. The van der Waals surface area contributed by atoms with E-state index < -0.39 is 37.2 Å². The van der Waals surface area contributed by atoms with Gasteiger partial charge in [-0.1, -0.05) is 60.4 Å². The van der Waals surface area contributed by atoms with Crippen molar-refractivity contribution in [3.05, 3.63) is 88.6 Å². The molecular weight excluding hydrogens is 434 g/mol. The molecule has 7 heteroatoms. The maximum atomic E-state index is 13.2. The highest BCUT2D eigenvalue weighted by Gasteiger charge is 2.37. The fraction of sp³-hybridized carbons (Fsp3) is 0.259. The van der Waals surface area contributed by atoms with Gasteiger partial charge in [-0.15, -0.1) is 0 Å². The van der Waals surface area contributed by atoms with Crippen molar-refractivity contribution >= 4 is 17.6 Å². The van der Waals surface area contributed by atoms with Crippen LogP contribution >= 0.6 is 0 Å². The van der Waals surface area contributed by atoms with Crippen molar-refractivity contribution in [3.8, 4) is 11.8 Å². The van der Waals surface area contributed by atoms with E-state index in [1.807, 2.05) is 60.7 Å². The average Bonchev–Trinajstić information content (AvgIpc) is 2.86. The number of benzene rings is 2. The Balaban J connectivity index is 2.15. The van der Waals surface area contributed by atoms with E-state index in [4.69, 9.17) is 14.6 Å². The van der Waals surface area contributed by atoms with Gasteiger partial charge < -0.3 is 25.0 Å². The topological polar surface area (TPSA) is 105 Å². The molecule has 0 saturated heterocycles. The van der Waals surface area contributed by atoms with Crippen molar-refractivity contribution in [2.75, 3.05) is 19.8 Å². The normalized spacial score (nSPS) is 16.2. The van der Waals surface area contributed by atoms with Crippen molar-refractivity contribution in [2.45, 2.75) is 20.0 Å². The lowest BCUT2D eigenvalue weighted by Gasteiger charge is -2.29. The smallest absolute Gasteiger partial charge is 0.337 e. The third-order valence-electron chi connectivity index (χ3n) is 5.09. The predicted octanol–water partition coefficient (Wildman–Crippen LogP) is 2.40. The summed E-state index contributed by atoms with van der Waals surface area (Å²) in [5.41, 5.74) is 2.73. The zero-order valence-corrected chi connectivity index (χ0v) is 19.1. The van der Waals surface area contributed by atoms with Crippen LogP contribution in [0.2, 0.25) is 0 Å². The molecule has 0 fully saturated rings.